The van der Waals surface area contributed by atoms with Crippen molar-refractivity contribution in [3.05, 3.63) is 16.9 Å². The van der Waals surface area contributed by atoms with Crippen molar-refractivity contribution in [1.82, 2.24) is 15.4 Å². The molecule has 3 heterocycles. The molecule has 0 aliphatic carbocycles. The molecule has 1 fully saturated rings. The maximum absolute atomic E-state index is 5.36. The van der Waals surface area contributed by atoms with Crippen LogP contribution in [0, 0.1) is 0 Å². The molecule has 0 atom stereocenters. The van der Waals surface area contributed by atoms with Gasteiger partial charge in [0.25, 0.3) is 0 Å². The zero-order valence-electron chi connectivity index (χ0n) is 9.02. The van der Waals surface area contributed by atoms with E-state index in [2.05, 4.69) is 27.0 Å². The fourth-order valence-electron chi connectivity index (χ4n) is 2.18. The normalized spacial score (nSPS) is 20.1. The number of nitrogens with zero attached hydrogens (tertiary/aromatic N) is 3. The van der Waals surface area contributed by atoms with Crippen LogP contribution < -0.4 is 21.0 Å². The molecule has 0 spiro atoms. The number of fused-ring (bicyclic) bond motifs is 1. The summed E-state index contributed by atoms with van der Waals surface area (Å²) < 4.78 is 5.36. The van der Waals surface area contributed by atoms with Crippen molar-refractivity contribution in [2.75, 3.05) is 18.2 Å². The molecular weight excluding hydrogens is 204 g/mol. The fraction of sp³-hybridized carbons (Fsp3) is 0.455. The topological polar surface area (TPSA) is 50.3 Å². The molecule has 0 bridgehead atoms. The summed E-state index contributed by atoms with van der Waals surface area (Å²) in [6, 6.07) is 0.445. The Morgan fingerprint density at radius 3 is 3.00 bits per heavy atom. The summed E-state index contributed by atoms with van der Waals surface area (Å²) in [5.74, 6) is 0.937. The Morgan fingerprint density at radius 1 is 1.38 bits per heavy atom. The first-order valence-corrected chi connectivity index (χ1v) is 5.49. The Morgan fingerprint density at radius 2 is 2.19 bits per heavy atom. The van der Waals surface area contributed by atoms with E-state index in [1.807, 2.05) is 6.20 Å². The number of rotatable bonds is 1. The zero-order chi connectivity index (χ0) is 11.0. The summed E-state index contributed by atoms with van der Waals surface area (Å²) in [5.41, 5.74) is 3.24. The van der Waals surface area contributed by atoms with Crippen molar-refractivity contribution in [1.29, 1.82) is 0 Å². The van der Waals surface area contributed by atoms with Crippen LogP contribution in [0.25, 0.3) is 12.8 Å². The molecule has 5 heteroatoms. The first-order valence-electron chi connectivity index (χ1n) is 5.49. The molecule has 1 aromatic heterocycles. The van der Waals surface area contributed by atoms with Gasteiger partial charge in [-0.25, -0.2) is 9.97 Å². The van der Waals surface area contributed by atoms with Gasteiger partial charge < -0.3 is 10.2 Å². The number of hydrogen-bond donors (Lipinski definition) is 1. The Kier molecular flexibility index (Phi) is 2.25. The second-order valence-electron chi connectivity index (χ2n) is 4.04. The molecule has 0 amide bonds. The van der Waals surface area contributed by atoms with Gasteiger partial charge in [-0.15, -0.1) is 0 Å². The maximum Gasteiger partial charge on any atom is 0.160 e. The molecule has 0 unspecified atom stereocenters. The predicted octanol–water partition coefficient (Wildman–Crippen LogP) is -0.871. The number of ether oxygens (including phenoxy) is 1. The van der Waals surface area contributed by atoms with Crippen LogP contribution in [0.1, 0.15) is 12.8 Å². The molecule has 0 aromatic carbocycles. The van der Waals surface area contributed by atoms with Gasteiger partial charge in [0.1, 0.15) is 6.33 Å². The van der Waals surface area contributed by atoms with Crippen LogP contribution in [0.4, 0.5) is 5.82 Å². The van der Waals surface area contributed by atoms with Gasteiger partial charge in [-0.3, -0.25) is 5.01 Å². The number of anilines is 1. The van der Waals surface area contributed by atoms with Crippen molar-refractivity contribution in [2.24, 2.45) is 0 Å². The standard InChI is InChI=1S/C11H14N4O/c1-8-10-6-14-15(11(10)13-7-12-8)9-2-4-16-5-3-9/h6-7,9,14H,1-5H2. The summed E-state index contributed by atoms with van der Waals surface area (Å²) in [5, 5.41) is 3.87. The van der Waals surface area contributed by atoms with Gasteiger partial charge in [-0.05, 0) is 12.8 Å². The molecule has 1 saturated heterocycles. The molecule has 84 valence electrons. The van der Waals surface area contributed by atoms with Gasteiger partial charge in [0.05, 0.1) is 16.6 Å². The van der Waals surface area contributed by atoms with E-state index in [0.717, 1.165) is 42.4 Å². The van der Waals surface area contributed by atoms with Crippen LogP contribution >= 0.6 is 0 Å². The molecule has 0 saturated carbocycles. The van der Waals surface area contributed by atoms with E-state index in [0.29, 0.717) is 6.04 Å². The quantitative estimate of drug-likeness (QED) is 0.664. The average molecular weight is 218 g/mol. The van der Waals surface area contributed by atoms with Crippen LogP contribution in [0.2, 0.25) is 0 Å². The van der Waals surface area contributed by atoms with Crippen LogP contribution in [-0.4, -0.2) is 29.2 Å². The Bertz CT molecular complexity index is 495. The second kappa shape index (κ2) is 3.75. The lowest BCUT2D eigenvalue weighted by Crippen LogP contribution is -2.45. The lowest BCUT2D eigenvalue weighted by Gasteiger charge is -2.32. The van der Waals surface area contributed by atoms with E-state index in [4.69, 9.17) is 4.74 Å². The number of hydrogen-bond acceptors (Lipinski definition) is 5. The molecule has 3 rings (SSSR count). The van der Waals surface area contributed by atoms with Crippen molar-refractivity contribution < 1.29 is 4.74 Å². The van der Waals surface area contributed by atoms with Gasteiger partial charge in [0, 0.05) is 19.4 Å². The third kappa shape index (κ3) is 1.44. The van der Waals surface area contributed by atoms with Crippen molar-refractivity contribution in [2.45, 2.75) is 18.9 Å². The van der Waals surface area contributed by atoms with Gasteiger partial charge in [-0.2, -0.15) is 0 Å². The van der Waals surface area contributed by atoms with Crippen molar-refractivity contribution in [3.63, 3.8) is 0 Å². The second-order valence-corrected chi connectivity index (χ2v) is 4.04. The van der Waals surface area contributed by atoms with E-state index >= 15 is 0 Å². The van der Waals surface area contributed by atoms with E-state index in [1.54, 1.807) is 6.33 Å². The third-order valence-corrected chi connectivity index (χ3v) is 3.08. The highest BCUT2D eigenvalue weighted by Gasteiger charge is 2.25. The molecule has 5 nitrogen and oxygen atoms in total. The number of aromatic nitrogens is 2. The lowest BCUT2D eigenvalue weighted by molar-refractivity contribution is 0.0833. The van der Waals surface area contributed by atoms with Crippen LogP contribution in [0.5, 0.6) is 0 Å². The van der Waals surface area contributed by atoms with Crippen molar-refractivity contribution >= 4 is 18.6 Å². The van der Waals surface area contributed by atoms with Crippen LogP contribution in [0.15, 0.2) is 6.33 Å². The highest BCUT2D eigenvalue weighted by atomic mass is 16.5. The Labute approximate surface area is 93.4 Å². The van der Waals surface area contributed by atoms with E-state index < -0.39 is 0 Å². The lowest BCUT2D eigenvalue weighted by atomic mass is 10.1. The van der Waals surface area contributed by atoms with Crippen LogP contribution in [-0.2, 0) is 4.74 Å². The van der Waals surface area contributed by atoms with Gasteiger partial charge in [-0.1, -0.05) is 6.58 Å². The van der Waals surface area contributed by atoms with E-state index in [1.165, 1.54) is 0 Å². The fourth-order valence-corrected chi connectivity index (χ4v) is 2.18. The maximum atomic E-state index is 5.36. The molecule has 1 aromatic rings. The summed E-state index contributed by atoms with van der Waals surface area (Å²) in [6.07, 6.45) is 5.54. The molecule has 0 radical (unpaired) electrons. The minimum atomic E-state index is 0.445. The smallest absolute Gasteiger partial charge is 0.160 e. The molecular formula is C11H14N4O. The number of hydrazine groups is 1. The van der Waals surface area contributed by atoms with E-state index in [-0.39, 0.29) is 0 Å². The molecule has 2 aliphatic rings. The van der Waals surface area contributed by atoms with Gasteiger partial charge >= 0.3 is 0 Å². The monoisotopic (exact) mass is 218 g/mol. The summed E-state index contributed by atoms with van der Waals surface area (Å²) in [6.45, 7) is 5.54. The predicted molar refractivity (Wildman–Crippen MR) is 60.7 cm³/mol. The minimum absolute atomic E-state index is 0.445. The van der Waals surface area contributed by atoms with Crippen LogP contribution in [0.3, 0.4) is 0 Å². The Balaban J connectivity index is 1.93. The summed E-state index contributed by atoms with van der Waals surface area (Å²) in [4.78, 5) is 8.40. The third-order valence-electron chi connectivity index (χ3n) is 3.08. The highest BCUT2D eigenvalue weighted by molar-refractivity contribution is 5.51. The van der Waals surface area contributed by atoms with E-state index in [9.17, 15) is 0 Å². The first kappa shape index (κ1) is 9.59. The summed E-state index contributed by atoms with van der Waals surface area (Å²) >= 11 is 0. The van der Waals surface area contributed by atoms with Gasteiger partial charge in [0.2, 0.25) is 0 Å². The Hall–Kier alpha value is -1.62. The zero-order valence-corrected chi connectivity index (χ0v) is 9.02. The SMILES string of the molecule is C=c1ncnc2c1=CNN2C1CCOCC1. The average Bonchev–Trinajstić information content (AvgIpc) is 2.75. The summed E-state index contributed by atoms with van der Waals surface area (Å²) in [7, 11) is 0. The first-order chi connectivity index (χ1) is 7.86. The number of nitrogens with one attached hydrogen (secondary N) is 1. The molecule has 16 heavy (non-hydrogen) atoms. The highest BCUT2D eigenvalue weighted by Crippen LogP contribution is 2.17. The molecule has 1 N–H and O–H groups in total. The largest absolute Gasteiger partial charge is 0.381 e. The molecule has 2 aliphatic heterocycles. The van der Waals surface area contributed by atoms with Gasteiger partial charge in [0.15, 0.2) is 5.82 Å². The van der Waals surface area contributed by atoms with Crippen molar-refractivity contribution in [3.8, 4) is 0 Å². The minimum Gasteiger partial charge on any atom is -0.381 e.